The molecule has 7 heteroatoms. The van der Waals surface area contributed by atoms with E-state index < -0.39 is 15.8 Å². The first-order chi connectivity index (χ1) is 9.86. The Hall–Kier alpha value is -2.28. The third kappa shape index (κ3) is 2.92. The van der Waals surface area contributed by atoms with Gasteiger partial charge in [-0.15, -0.1) is 0 Å². The first-order valence-corrected chi connectivity index (χ1v) is 7.48. The molecule has 0 aromatic heterocycles. The van der Waals surface area contributed by atoms with Gasteiger partial charge < -0.3 is 10.5 Å². The van der Waals surface area contributed by atoms with Crippen molar-refractivity contribution in [2.45, 2.75) is 4.90 Å². The quantitative estimate of drug-likeness (QED) is 0.879. The van der Waals surface area contributed by atoms with Gasteiger partial charge in [0.15, 0.2) is 0 Å². The summed E-state index contributed by atoms with van der Waals surface area (Å²) in [4.78, 5) is 0.0142. The normalized spacial score (nSPS) is 11.2. The summed E-state index contributed by atoms with van der Waals surface area (Å²) in [6.07, 6.45) is 0. The highest BCUT2D eigenvalue weighted by Crippen LogP contribution is 2.28. The lowest BCUT2D eigenvalue weighted by Gasteiger charge is -2.20. The molecule has 0 unspecified atom stereocenters. The molecule has 0 saturated heterocycles. The zero-order chi connectivity index (χ0) is 15.6. The fraction of sp³-hybridized carbons (Fsp3) is 0.143. The molecule has 5 nitrogen and oxygen atoms in total. The highest BCUT2D eigenvalue weighted by molar-refractivity contribution is 7.92. The molecule has 2 aromatic rings. The summed E-state index contributed by atoms with van der Waals surface area (Å²) < 4.78 is 44.3. The molecular weight excluding hydrogens is 295 g/mol. The van der Waals surface area contributed by atoms with Crippen LogP contribution in [0, 0.1) is 5.82 Å². The predicted molar refractivity (Wildman–Crippen MR) is 79.4 cm³/mol. The van der Waals surface area contributed by atoms with Crippen LogP contribution in [-0.2, 0) is 10.0 Å². The Bertz CT molecular complexity index is 763. The zero-order valence-electron chi connectivity index (χ0n) is 11.6. The highest BCUT2D eigenvalue weighted by atomic mass is 32.2. The van der Waals surface area contributed by atoms with E-state index in [9.17, 15) is 12.8 Å². The Morgan fingerprint density at radius 2 is 1.90 bits per heavy atom. The van der Waals surface area contributed by atoms with Crippen LogP contribution in [-0.4, -0.2) is 22.6 Å². The summed E-state index contributed by atoms with van der Waals surface area (Å²) in [5.74, 6) is -0.242. The van der Waals surface area contributed by atoms with Crippen LogP contribution < -0.4 is 14.8 Å². The molecule has 21 heavy (non-hydrogen) atoms. The molecule has 0 atom stereocenters. The number of hydrogen-bond donors (Lipinski definition) is 1. The van der Waals surface area contributed by atoms with Crippen LogP contribution in [0.25, 0.3) is 0 Å². The van der Waals surface area contributed by atoms with E-state index in [-0.39, 0.29) is 16.3 Å². The molecule has 0 aliphatic carbocycles. The molecule has 2 N–H and O–H groups in total. The van der Waals surface area contributed by atoms with Crippen molar-refractivity contribution in [3.8, 4) is 5.75 Å². The number of sulfonamides is 1. The molecular formula is C14H15FN2O3S. The number of hydrogen-bond acceptors (Lipinski definition) is 4. The number of anilines is 2. The van der Waals surface area contributed by atoms with Crippen molar-refractivity contribution in [2.75, 3.05) is 24.2 Å². The number of rotatable bonds is 4. The topological polar surface area (TPSA) is 72.6 Å². The lowest BCUT2D eigenvalue weighted by molar-refractivity contribution is 0.415. The van der Waals surface area contributed by atoms with Crippen molar-refractivity contribution in [2.24, 2.45) is 0 Å². The largest absolute Gasteiger partial charge is 0.495 e. The van der Waals surface area contributed by atoms with Gasteiger partial charge in [-0.25, -0.2) is 12.8 Å². The van der Waals surface area contributed by atoms with Crippen LogP contribution in [0.1, 0.15) is 0 Å². The van der Waals surface area contributed by atoms with Gasteiger partial charge in [-0.3, -0.25) is 4.31 Å². The number of benzene rings is 2. The summed E-state index contributed by atoms with van der Waals surface area (Å²) in [6.45, 7) is 0. The maximum absolute atomic E-state index is 13.2. The van der Waals surface area contributed by atoms with E-state index in [0.29, 0.717) is 5.69 Å². The molecule has 0 fully saturated rings. The first-order valence-electron chi connectivity index (χ1n) is 6.04. The fourth-order valence-corrected chi connectivity index (χ4v) is 3.02. The van der Waals surface area contributed by atoms with Crippen molar-refractivity contribution >= 4 is 21.4 Å². The number of nitrogen functional groups attached to an aromatic ring is 1. The summed E-state index contributed by atoms with van der Waals surface area (Å²) in [7, 11) is -1.07. The number of methoxy groups -OCH3 is 1. The minimum Gasteiger partial charge on any atom is -0.495 e. The third-order valence-electron chi connectivity index (χ3n) is 3.04. The second-order valence-corrected chi connectivity index (χ2v) is 6.33. The van der Waals surface area contributed by atoms with Crippen molar-refractivity contribution in [1.82, 2.24) is 0 Å². The monoisotopic (exact) mass is 310 g/mol. The van der Waals surface area contributed by atoms with Crippen LogP contribution in [0.2, 0.25) is 0 Å². The van der Waals surface area contributed by atoms with E-state index in [1.807, 2.05) is 0 Å². The lowest BCUT2D eigenvalue weighted by atomic mass is 10.3. The predicted octanol–water partition coefficient (Wildman–Crippen LogP) is 2.24. The molecule has 112 valence electrons. The van der Waals surface area contributed by atoms with E-state index >= 15 is 0 Å². The summed E-state index contributed by atoms with van der Waals surface area (Å²) in [6, 6.07) is 9.51. The highest BCUT2D eigenvalue weighted by Gasteiger charge is 2.22. The van der Waals surface area contributed by atoms with Crippen molar-refractivity contribution in [3.05, 3.63) is 48.3 Å². The van der Waals surface area contributed by atoms with Crippen molar-refractivity contribution in [1.29, 1.82) is 0 Å². The van der Waals surface area contributed by atoms with Gasteiger partial charge in [0.2, 0.25) is 0 Å². The van der Waals surface area contributed by atoms with Crippen LogP contribution in [0.3, 0.4) is 0 Å². The second kappa shape index (κ2) is 5.61. The van der Waals surface area contributed by atoms with Crippen LogP contribution >= 0.6 is 0 Å². The minimum absolute atomic E-state index is 0.0142. The zero-order valence-corrected chi connectivity index (χ0v) is 12.4. The van der Waals surface area contributed by atoms with Crippen LogP contribution in [0.5, 0.6) is 5.75 Å². The van der Waals surface area contributed by atoms with E-state index in [4.69, 9.17) is 10.5 Å². The van der Waals surface area contributed by atoms with Gasteiger partial charge >= 0.3 is 0 Å². The van der Waals surface area contributed by atoms with E-state index in [2.05, 4.69) is 0 Å². The molecule has 0 amide bonds. The SMILES string of the molecule is COc1cc(S(=O)(=O)N(C)c2cccc(F)c2)ccc1N. The molecule has 2 aromatic carbocycles. The van der Waals surface area contributed by atoms with Gasteiger partial charge in [-0.2, -0.15) is 0 Å². The van der Waals surface area contributed by atoms with Crippen molar-refractivity contribution in [3.63, 3.8) is 0 Å². The van der Waals surface area contributed by atoms with Crippen molar-refractivity contribution < 1.29 is 17.5 Å². The van der Waals surface area contributed by atoms with Crippen LogP contribution in [0.4, 0.5) is 15.8 Å². The Kier molecular flexibility index (Phi) is 4.04. The second-order valence-electron chi connectivity index (χ2n) is 4.36. The molecule has 2 rings (SSSR count). The Labute approximate surface area is 122 Å². The van der Waals surface area contributed by atoms with Gasteiger partial charge in [0.1, 0.15) is 11.6 Å². The smallest absolute Gasteiger partial charge is 0.264 e. The molecule has 0 spiro atoms. The molecule has 0 aliphatic heterocycles. The van der Waals surface area contributed by atoms with Gasteiger partial charge in [-0.05, 0) is 30.3 Å². The first kappa shape index (κ1) is 15.1. The average molecular weight is 310 g/mol. The van der Waals surface area contributed by atoms with Crippen LogP contribution in [0.15, 0.2) is 47.4 Å². The van der Waals surface area contributed by atoms with E-state index in [1.54, 1.807) is 0 Å². The number of ether oxygens (including phenoxy) is 1. The van der Waals surface area contributed by atoms with Gasteiger partial charge in [0.25, 0.3) is 10.0 Å². The molecule has 0 saturated carbocycles. The molecule has 0 heterocycles. The van der Waals surface area contributed by atoms with E-state index in [1.165, 1.54) is 50.6 Å². The van der Waals surface area contributed by atoms with E-state index in [0.717, 1.165) is 10.4 Å². The number of halogens is 1. The minimum atomic E-state index is -3.83. The maximum Gasteiger partial charge on any atom is 0.264 e. The number of nitrogens with two attached hydrogens (primary N) is 1. The average Bonchev–Trinajstić information content (AvgIpc) is 2.46. The third-order valence-corrected chi connectivity index (χ3v) is 4.82. The summed E-state index contributed by atoms with van der Waals surface area (Å²) >= 11 is 0. The van der Waals surface area contributed by atoms with Gasteiger partial charge in [0, 0.05) is 13.1 Å². The lowest BCUT2D eigenvalue weighted by Crippen LogP contribution is -2.26. The molecule has 0 radical (unpaired) electrons. The van der Waals surface area contributed by atoms with Gasteiger partial charge in [0.05, 0.1) is 23.4 Å². The molecule has 0 bridgehead atoms. The fourth-order valence-electron chi connectivity index (χ4n) is 1.82. The van der Waals surface area contributed by atoms with Gasteiger partial charge in [-0.1, -0.05) is 6.07 Å². The Balaban J connectivity index is 2.46. The Morgan fingerprint density at radius 3 is 2.52 bits per heavy atom. The number of nitrogens with zero attached hydrogens (tertiary/aromatic N) is 1. The summed E-state index contributed by atoms with van der Waals surface area (Å²) in [5, 5.41) is 0. The Morgan fingerprint density at radius 1 is 1.19 bits per heavy atom. The standard InChI is InChI=1S/C14H15FN2O3S/c1-17(11-5-3-4-10(15)8-11)21(18,19)12-6-7-13(16)14(9-12)20-2/h3-9H,16H2,1-2H3. The summed E-state index contributed by atoms with van der Waals surface area (Å²) in [5.41, 5.74) is 6.23. The maximum atomic E-state index is 13.2. The molecule has 0 aliphatic rings.